The molecule has 3 aromatic rings. The van der Waals surface area contributed by atoms with Crippen LogP contribution in [0.4, 0.5) is 5.95 Å². The smallest absolute Gasteiger partial charge is 0.262 e. The summed E-state index contributed by atoms with van der Waals surface area (Å²) in [6.07, 6.45) is 6.30. The highest BCUT2D eigenvalue weighted by Gasteiger charge is 2.39. The number of imidazole rings is 1. The van der Waals surface area contributed by atoms with Crippen molar-refractivity contribution in [2.24, 2.45) is 7.05 Å². The molecule has 0 unspecified atom stereocenters. The van der Waals surface area contributed by atoms with Crippen molar-refractivity contribution in [1.82, 2.24) is 23.8 Å². The van der Waals surface area contributed by atoms with Gasteiger partial charge in [0.25, 0.3) is 10.0 Å². The maximum atomic E-state index is 13.3. The first-order chi connectivity index (χ1) is 13.9. The second kappa shape index (κ2) is 7.57. The fraction of sp³-hybridized carbons (Fsp3) is 0.350. The van der Waals surface area contributed by atoms with Gasteiger partial charge >= 0.3 is 0 Å². The van der Waals surface area contributed by atoms with Gasteiger partial charge in [-0.05, 0) is 18.4 Å². The van der Waals surface area contributed by atoms with Crippen molar-refractivity contribution in [3.8, 4) is 11.1 Å². The van der Waals surface area contributed by atoms with E-state index in [9.17, 15) is 8.42 Å². The molecule has 2 aromatic heterocycles. The monoisotopic (exact) mass is 412 g/mol. The van der Waals surface area contributed by atoms with E-state index in [1.54, 1.807) is 17.8 Å². The molecule has 1 aliphatic heterocycles. The molecule has 1 aliphatic rings. The van der Waals surface area contributed by atoms with E-state index in [2.05, 4.69) is 9.97 Å². The molecule has 152 valence electrons. The fourth-order valence-electron chi connectivity index (χ4n) is 3.64. The van der Waals surface area contributed by atoms with Gasteiger partial charge < -0.3 is 9.47 Å². The van der Waals surface area contributed by atoms with Crippen molar-refractivity contribution >= 4 is 16.0 Å². The highest BCUT2D eigenvalue weighted by molar-refractivity contribution is 7.89. The first-order valence-corrected chi connectivity index (χ1v) is 10.9. The average molecular weight is 413 g/mol. The van der Waals surface area contributed by atoms with Crippen molar-refractivity contribution < 1.29 is 8.42 Å². The third-order valence-electron chi connectivity index (χ3n) is 5.06. The van der Waals surface area contributed by atoms with E-state index in [1.165, 1.54) is 16.8 Å². The molecule has 0 aliphatic carbocycles. The Morgan fingerprint density at radius 3 is 2.55 bits per heavy atom. The zero-order valence-electron chi connectivity index (χ0n) is 16.7. The number of sulfonamides is 1. The van der Waals surface area contributed by atoms with Crippen molar-refractivity contribution in [2.75, 3.05) is 25.5 Å². The molecule has 8 nitrogen and oxygen atoms in total. The highest BCUT2D eigenvalue weighted by atomic mass is 32.2. The van der Waals surface area contributed by atoms with Crippen LogP contribution in [0.15, 0.2) is 54.1 Å². The number of hydrogen-bond acceptors (Lipinski definition) is 6. The molecular formula is C20H24N6O2S. The summed E-state index contributed by atoms with van der Waals surface area (Å²) in [5, 5.41) is 0.0649. The summed E-state index contributed by atoms with van der Waals surface area (Å²) in [5.41, 5.74) is 2.55. The normalized spacial score (nSPS) is 17.6. The van der Waals surface area contributed by atoms with E-state index in [1.807, 2.05) is 49.3 Å². The molecule has 0 radical (unpaired) electrons. The summed E-state index contributed by atoms with van der Waals surface area (Å²) >= 11 is 0. The number of benzene rings is 1. The van der Waals surface area contributed by atoms with Crippen molar-refractivity contribution in [1.29, 1.82) is 0 Å². The molecule has 4 rings (SSSR count). The van der Waals surface area contributed by atoms with Crippen molar-refractivity contribution in [2.45, 2.75) is 23.9 Å². The predicted molar refractivity (Wildman–Crippen MR) is 111 cm³/mol. The third kappa shape index (κ3) is 3.63. The van der Waals surface area contributed by atoms with Crippen LogP contribution in [-0.2, 0) is 17.1 Å². The van der Waals surface area contributed by atoms with Crippen LogP contribution in [0.3, 0.4) is 0 Å². The van der Waals surface area contributed by atoms with Gasteiger partial charge in [0.2, 0.25) is 5.95 Å². The van der Waals surface area contributed by atoms with E-state index >= 15 is 0 Å². The quantitative estimate of drug-likeness (QED) is 0.640. The first-order valence-electron chi connectivity index (χ1n) is 9.47. The maximum absolute atomic E-state index is 13.3. The molecule has 0 N–H and O–H groups in total. The average Bonchev–Trinajstić information content (AvgIpc) is 3.38. The maximum Gasteiger partial charge on any atom is 0.262 e. The fourth-order valence-corrected chi connectivity index (χ4v) is 5.27. The number of nitrogens with zero attached hydrogens (tertiary/aromatic N) is 6. The summed E-state index contributed by atoms with van der Waals surface area (Å²) < 4.78 is 29.8. The molecule has 0 spiro atoms. The minimum Gasteiger partial charge on any atom is -0.347 e. The van der Waals surface area contributed by atoms with Crippen LogP contribution in [0, 0.1) is 0 Å². The third-order valence-corrected chi connectivity index (χ3v) is 6.86. The Bertz CT molecular complexity index is 1110. The zero-order valence-corrected chi connectivity index (χ0v) is 17.5. The first kappa shape index (κ1) is 19.5. The molecule has 9 heteroatoms. The highest BCUT2D eigenvalue weighted by Crippen LogP contribution is 2.39. The van der Waals surface area contributed by atoms with Crippen molar-refractivity contribution in [3.63, 3.8) is 0 Å². The number of anilines is 1. The molecule has 29 heavy (non-hydrogen) atoms. The van der Waals surface area contributed by atoms with Gasteiger partial charge in [-0.2, -0.15) is 4.31 Å². The lowest BCUT2D eigenvalue weighted by molar-refractivity contribution is 0.389. The van der Waals surface area contributed by atoms with E-state index in [4.69, 9.17) is 4.98 Å². The lowest BCUT2D eigenvalue weighted by Gasteiger charge is -2.25. The number of hydrogen-bond donors (Lipinski definition) is 0. The SMILES string of the molecule is CN(C)c1ncc(-c2ccccc2)c([C@H]2CCCN2S(=O)(=O)c2cn(C)cn2)n1. The van der Waals surface area contributed by atoms with Crippen LogP contribution in [0.1, 0.15) is 24.6 Å². The Hall–Kier alpha value is -2.78. The Kier molecular flexibility index (Phi) is 5.10. The molecule has 0 amide bonds. The minimum atomic E-state index is -3.72. The molecule has 1 fully saturated rings. The number of aromatic nitrogens is 4. The topological polar surface area (TPSA) is 84.2 Å². The second-order valence-corrected chi connectivity index (χ2v) is 9.22. The summed E-state index contributed by atoms with van der Waals surface area (Å²) in [6, 6.07) is 9.48. The molecule has 1 aromatic carbocycles. The molecule has 0 bridgehead atoms. The lowest BCUT2D eigenvalue weighted by Crippen LogP contribution is -2.32. The van der Waals surface area contributed by atoms with E-state index < -0.39 is 10.0 Å². The van der Waals surface area contributed by atoms with Crippen LogP contribution in [0.5, 0.6) is 0 Å². The predicted octanol–water partition coefficient (Wildman–Crippen LogP) is 2.47. The van der Waals surface area contributed by atoms with Gasteiger partial charge in [-0.25, -0.2) is 23.4 Å². The zero-order chi connectivity index (χ0) is 20.6. The molecule has 3 heterocycles. The van der Waals surface area contributed by atoms with Gasteiger partial charge in [0.15, 0.2) is 5.03 Å². The number of aryl methyl sites for hydroxylation is 1. The summed E-state index contributed by atoms with van der Waals surface area (Å²) in [4.78, 5) is 15.1. The van der Waals surface area contributed by atoms with Gasteiger partial charge in [0, 0.05) is 45.6 Å². The van der Waals surface area contributed by atoms with E-state index in [-0.39, 0.29) is 11.1 Å². The van der Waals surface area contributed by atoms with E-state index in [0.29, 0.717) is 18.9 Å². The van der Waals surface area contributed by atoms with Crippen LogP contribution in [0.2, 0.25) is 0 Å². The molecule has 1 atom stereocenters. The molecular weight excluding hydrogens is 388 g/mol. The van der Waals surface area contributed by atoms with Gasteiger partial charge in [0.05, 0.1) is 18.1 Å². The van der Waals surface area contributed by atoms with Gasteiger partial charge in [0.1, 0.15) is 0 Å². The van der Waals surface area contributed by atoms with Crippen LogP contribution in [0.25, 0.3) is 11.1 Å². The van der Waals surface area contributed by atoms with Crippen LogP contribution < -0.4 is 4.90 Å². The van der Waals surface area contributed by atoms with E-state index in [0.717, 1.165) is 23.2 Å². The largest absolute Gasteiger partial charge is 0.347 e. The lowest BCUT2D eigenvalue weighted by atomic mass is 10.0. The molecule has 1 saturated heterocycles. The Labute approximate surface area is 170 Å². The Balaban J connectivity index is 1.83. The summed E-state index contributed by atoms with van der Waals surface area (Å²) in [6.45, 7) is 0.444. The van der Waals surface area contributed by atoms with Crippen LogP contribution in [-0.4, -0.2) is 52.9 Å². The van der Waals surface area contributed by atoms with Gasteiger partial charge in [-0.1, -0.05) is 30.3 Å². The number of rotatable bonds is 5. The molecule has 0 saturated carbocycles. The Morgan fingerprint density at radius 2 is 1.90 bits per heavy atom. The van der Waals surface area contributed by atoms with Crippen molar-refractivity contribution in [3.05, 3.63) is 54.7 Å². The van der Waals surface area contributed by atoms with Gasteiger partial charge in [-0.3, -0.25) is 0 Å². The van der Waals surface area contributed by atoms with Crippen LogP contribution >= 0.6 is 0 Å². The Morgan fingerprint density at radius 1 is 1.14 bits per heavy atom. The second-order valence-electron chi connectivity index (χ2n) is 7.38. The van der Waals surface area contributed by atoms with Gasteiger partial charge in [-0.15, -0.1) is 0 Å². The standard InChI is InChI=1S/C20H24N6O2S/c1-24(2)20-21-12-16(15-8-5-4-6-9-15)19(23-20)17-10-7-11-26(17)29(27,28)18-13-25(3)14-22-18/h4-6,8-9,12-14,17H,7,10-11H2,1-3H3/t17-/m1/s1. The summed E-state index contributed by atoms with van der Waals surface area (Å²) in [5.74, 6) is 0.557. The summed E-state index contributed by atoms with van der Waals surface area (Å²) in [7, 11) is 1.79. The minimum absolute atomic E-state index is 0.0649.